The Bertz CT molecular complexity index is 786. The quantitative estimate of drug-likeness (QED) is 0.367. The zero-order chi connectivity index (χ0) is 19.9. The summed E-state index contributed by atoms with van der Waals surface area (Å²) >= 11 is 0. The second-order valence-corrected chi connectivity index (χ2v) is 7.39. The van der Waals surface area contributed by atoms with Gasteiger partial charge in [0.1, 0.15) is 5.82 Å². The minimum absolute atomic E-state index is 0. The number of nitrogens with one attached hydrogen (secondary N) is 2. The second-order valence-electron chi connectivity index (χ2n) is 7.39. The van der Waals surface area contributed by atoms with E-state index in [-0.39, 0.29) is 36.2 Å². The van der Waals surface area contributed by atoms with E-state index in [0.29, 0.717) is 6.54 Å². The Labute approximate surface area is 191 Å². The van der Waals surface area contributed by atoms with Gasteiger partial charge in [0, 0.05) is 39.4 Å². The molecule has 0 spiro atoms. The number of ether oxygens (including phenoxy) is 1. The number of hydrogen-bond donors (Lipinski definition) is 2. The molecule has 6 nitrogen and oxygen atoms in total. The monoisotopic (exact) mass is 509 g/mol. The molecule has 1 aliphatic rings. The molecule has 0 aliphatic carbocycles. The molecule has 3 rings (SSSR count). The van der Waals surface area contributed by atoms with Crippen LogP contribution in [0.15, 0.2) is 47.6 Å². The maximum Gasteiger partial charge on any atom is 0.191 e. The van der Waals surface area contributed by atoms with Crippen molar-refractivity contribution in [2.75, 3.05) is 25.0 Å². The van der Waals surface area contributed by atoms with Crippen LogP contribution in [0.3, 0.4) is 0 Å². The van der Waals surface area contributed by atoms with Crippen LogP contribution in [0.25, 0.3) is 0 Å². The van der Waals surface area contributed by atoms with Crippen LogP contribution in [0.4, 0.5) is 5.82 Å². The molecule has 2 atom stereocenters. The normalized spacial score (nSPS) is 19.4. The highest BCUT2D eigenvalue weighted by molar-refractivity contribution is 14.0. The predicted molar refractivity (Wildman–Crippen MR) is 130 cm³/mol. The zero-order valence-corrected chi connectivity index (χ0v) is 20.0. The molecule has 1 fully saturated rings. The molecule has 1 saturated heterocycles. The topological polar surface area (TPSA) is 61.8 Å². The summed E-state index contributed by atoms with van der Waals surface area (Å²) in [4.78, 5) is 11.2. The lowest BCUT2D eigenvalue weighted by Gasteiger charge is -2.36. The van der Waals surface area contributed by atoms with Gasteiger partial charge in [0.25, 0.3) is 0 Å². The van der Waals surface area contributed by atoms with Crippen LogP contribution in [-0.4, -0.2) is 43.3 Å². The van der Waals surface area contributed by atoms with Gasteiger partial charge in [-0.2, -0.15) is 0 Å². The first kappa shape index (κ1) is 23.4. The van der Waals surface area contributed by atoms with E-state index in [1.807, 2.05) is 6.20 Å². The van der Waals surface area contributed by atoms with Gasteiger partial charge in [-0.15, -0.1) is 24.0 Å². The van der Waals surface area contributed by atoms with E-state index < -0.39 is 0 Å². The molecule has 0 bridgehead atoms. The Morgan fingerprint density at radius 2 is 1.79 bits per heavy atom. The van der Waals surface area contributed by atoms with Crippen molar-refractivity contribution in [1.29, 1.82) is 0 Å². The lowest BCUT2D eigenvalue weighted by atomic mass is 10.1. The Hall–Kier alpha value is -1.87. The highest BCUT2D eigenvalue weighted by atomic mass is 127. The summed E-state index contributed by atoms with van der Waals surface area (Å²) in [7, 11) is 1.79. The molecule has 0 saturated carbocycles. The fraction of sp³-hybridized carbons (Fsp3) is 0.455. The Balaban J connectivity index is 0.00000300. The third kappa shape index (κ3) is 6.85. The number of morpholine rings is 1. The minimum Gasteiger partial charge on any atom is -0.372 e. The van der Waals surface area contributed by atoms with Crippen LogP contribution in [0.5, 0.6) is 0 Å². The molecule has 2 heterocycles. The first-order chi connectivity index (χ1) is 13.5. The maximum atomic E-state index is 5.80. The number of rotatable bonds is 5. The third-order valence-electron chi connectivity index (χ3n) is 4.94. The van der Waals surface area contributed by atoms with Crippen LogP contribution in [-0.2, 0) is 17.8 Å². The summed E-state index contributed by atoms with van der Waals surface area (Å²) in [5.41, 5.74) is 3.67. The molecule has 7 heteroatoms. The summed E-state index contributed by atoms with van der Waals surface area (Å²) in [5.74, 6) is 1.79. The second kappa shape index (κ2) is 11.3. The smallest absolute Gasteiger partial charge is 0.191 e. The van der Waals surface area contributed by atoms with E-state index in [9.17, 15) is 0 Å². The van der Waals surface area contributed by atoms with Gasteiger partial charge in [0.2, 0.25) is 0 Å². The minimum atomic E-state index is 0. The fourth-order valence-corrected chi connectivity index (χ4v) is 3.47. The standard InChI is InChI=1S/C22H31N5O.HI/c1-16-7-5-6-8-20(16)13-26-22(23-4)25-12-19-9-10-21(24-11-19)27-14-17(2)28-18(3)15-27;/h5-11,17-18H,12-15H2,1-4H3,(H2,23,25,26);1H. The molecule has 1 aromatic carbocycles. The molecule has 0 radical (unpaired) electrons. The van der Waals surface area contributed by atoms with Gasteiger partial charge < -0.3 is 20.3 Å². The van der Waals surface area contributed by atoms with Crippen molar-refractivity contribution in [3.05, 3.63) is 59.3 Å². The number of guanidine groups is 1. The van der Waals surface area contributed by atoms with Gasteiger partial charge in [-0.05, 0) is 43.5 Å². The van der Waals surface area contributed by atoms with Crippen molar-refractivity contribution in [2.45, 2.75) is 46.1 Å². The van der Waals surface area contributed by atoms with Crippen molar-refractivity contribution in [1.82, 2.24) is 15.6 Å². The van der Waals surface area contributed by atoms with Crippen LogP contribution >= 0.6 is 24.0 Å². The molecule has 2 aromatic rings. The average molecular weight is 509 g/mol. The molecule has 158 valence electrons. The van der Waals surface area contributed by atoms with Gasteiger partial charge in [0.05, 0.1) is 12.2 Å². The first-order valence-electron chi connectivity index (χ1n) is 9.89. The largest absolute Gasteiger partial charge is 0.372 e. The first-order valence-corrected chi connectivity index (χ1v) is 9.89. The third-order valence-corrected chi connectivity index (χ3v) is 4.94. The van der Waals surface area contributed by atoms with E-state index in [1.54, 1.807) is 7.05 Å². The van der Waals surface area contributed by atoms with E-state index in [2.05, 4.69) is 82.7 Å². The van der Waals surface area contributed by atoms with Gasteiger partial charge >= 0.3 is 0 Å². The van der Waals surface area contributed by atoms with Crippen molar-refractivity contribution in [2.24, 2.45) is 4.99 Å². The van der Waals surface area contributed by atoms with Crippen molar-refractivity contribution in [3.63, 3.8) is 0 Å². The Kier molecular flexibility index (Phi) is 9.16. The van der Waals surface area contributed by atoms with Gasteiger partial charge in [-0.25, -0.2) is 4.98 Å². The van der Waals surface area contributed by atoms with Gasteiger partial charge in [-0.3, -0.25) is 4.99 Å². The highest BCUT2D eigenvalue weighted by Crippen LogP contribution is 2.18. The predicted octanol–water partition coefficient (Wildman–Crippen LogP) is 3.49. The van der Waals surface area contributed by atoms with Crippen molar-refractivity contribution < 1.29 is 4.74 Å². The lowest BCUT2D eigenvalue weighted by molar-refractivity contribution is -0.00545. The Morgan fingerprint density at radius 1 is 1.10 bits per heavy atom. The van der Waals surface area contributed by atoms with Gasteiger partial charge in [0.15, 0.2) is 5.96 Å². The molecular weight excluding hydrogens is 477 g/mol. The number of aliphatic imine (C=N–C) groups is 1. The number of aromatic nitrogens is 1. The fourth-order valence-electron chi connectivity index (χ4n) is 3.47. The molecule has 1 aromatic heterocycles. The van der Waals surface area contributed by atoms with E-state index in [4.69, 9.17) is 4.74 Å². The average Bonchev–Trinajstić information content (AvgIpc) is 2.69. The molecule has 29 heavy (non-hydrogen) atoms. The van der Waals surface area contributed by atoms with Crippen LogP contribution in [0.1, 0.15) is 30.5 Å². The molecule has 1 aliphatic heterocycles. The summed E-state index contributed by atoms with van der Waals surface area (Å²) in [5, 5.41) is 6.72. The lowest BCUT2D eigenvalue weighted by Crippen LogP contribution is -2.45. The van der Waals surface area contributed by atoms with Crippen LogP contribution < -0.4 is 15.5 Å². The summed E-state index contributed by atoms with van der Waals surface area (Å²) in [6, 6.07) is 12.6. The SMILES string of the molecule is CN=C(NCc1ccc(N2CC(C)OC(C)C2)nc1)NCc1ccccc1C.I. The van der Waals surface area contributed by atoms with Crippen molar-refractivity contribution >= 4 is 35.8 Å². The summed E-state index contributed by atoms with van der Waals surface area (Å²) in [6.07, 6.45) is 2.39. The zero-order valence-electron chi connectivity index (χ0n) is 17.7. The summed E-state index contributed by atoms with van der Waals surface area (Å²) < 4.78 is 5.80. The Morgan fingerprint density at radius 3 is 2.41 bits per heavy atom. The van der Waals surface area contributed by atoms with Crippen LogP contribution in [0, 0.1) is 6.92 Å². The maximum absolute atomic E-state index is 5.80. The van der Waals surface area contributed by atoms with Crippen LogP contribution in [0.2, 0.25) is 0 Å². The number of anilines is 1. The number of hydrogen-bond acceptors (Lipinski definition) is 4. The van der Waals surface area contributed by atoms with Gasteiger partial charge in [-0.1, -0.05) is 30.3 Å². The highest BCUT2D eigenvalue weighted by Gasteiger charge is 2.22. The van der Waals surface area contributed by atoms with E-state index >= 15 is 0 Å². The number of benzene rings is 1. The van der Waals surface area contributed by atoms with E-state index in [0.717, 1.165) is 37.0 Å². The molecule has 2 N–H and O–H groups in total. The molecule has 2 unspecified atom stereocenters. The molecule has 0 amide bonds. The summed E-state index contributed by atoms with van der Waals surface area (Å²) in [6.45, 7) is 9.52. The van der Waals surface area contributed by atoms with Crippen molar-refractivity contribution in [3.8, 4) is 0 Å². The van der Waals surface area contributed by atoms with E-state index in [1.165, 1.54) is 11.1 Å². The number of aryl methyl sites for hydroxylation is 1. The number of nitrogens with zero attached hydrogens (tertiary/aromatic N) is 3. The molecular formula is C22H32IN5O. The number of pyridine rings is 1. The number of halogens is 1.